The van der Waals surface area contributed by atoms with E-state index < -0.39 is 0 Å². The number of nitrogens with zero attached hydrogens (tertiary/aromatic N) is 1. The highest BCUT2D eigenvalue weighted by Gasteiger charge is 2.20. The molecule has 1 aromatic rings. The van der Waals surface area contributed by atoms with Gasteiger partial charge in [0.2, 0.25) is 5.91 Å². The minimum absolute atomic E-state index is 0. The van der Waals surface area contributed by atoms with E-state index in [0.29, 0.717) is 5.82 Å². The minimum Gasteiger partial charge on any atom is -0.316 e. The van der Waals surface area contributed by atoms with Crippen LogP contribution >= 0.6 is 24.8 Å². The van der Waals surface area contributed by atoms with Gasteiger partial charge in [0.15, 0.2) is 0 Å². The number of amides is 1. The molecule has 0 radical (unpaired) electrons. The van der Waals surface area contributed by atoms with Gasteiger partial charge in [0.25, 0.3) is 0 Å². The van der Waals surface area contributed by atoms with E-state index in [1.165, 1.54) is 0 Å². The van der Waals surface area contributed by atoms with E-state index in [1.807, 2.05) is 12.1 Å². The third kappa shape index (κ3) is 4.89. The predicted molar refractivity (Wildman–Crippen MR) is 73.0 cm³/mol. The number of piperidine rings is 1. The number of rotatable bonds is 2. The van der Waals surface area contributed by atoms with Gasteiger partial charge in [-0.05, 0) is 31.5 Å². The zero-order valence-electron chi connectivity index (χ0n) is 9.39. The molecule has 1 aliphatic heterocycles. The van der Waals surface area contributed by atoms with Gasteiger partial charge in [0.1, 0.15) is 5.82 Å². The number of pyridine rings is 1. The van der Waals surface area contributed by atoms with Crippen LogP contribution in [0.3, 0.4) is 0 Å². The van der Waals surface area contributed by atoms with E-state index in [1.54, 1.807) is 12.3 Å². The molecule has 1 fully saturated rings. The van der Waals surface area contributed by atoms with Crippen LogP contribution in [0.15, 0.2) is 24.4 Å². The second-order valence-corrected chi connectivity index (χ2v) is 3.75. The van der Waals surface area contributed by atoms with Gasteiger partial charge in [0, 0.05) is 12.7 Å². The molecular weight excluding hydrogens is 261 g/mol. The van der Waals surface area contributed by atoms with Crippen LogP contribution in [0.25, 0.3) is 0 Å². The standard InChI is InChI=1S/C11H15N3O.2ClH/c15-11(9-4-3-6-12-8-9)14-10-5-1-2-7-13-10;;/h1-2,5,7,9,12H,3-4,6,8H2,(H,13,14,15);2*1H/t9-;;/m1../s1. The summed E-state index contributed by atoms with van der Waals surface area (Å²) in [5.74, 6) is 0.787. The van der Waals surface area contributed by atoms with Crippen molar-refractivity contribution in [2.24, 2.45) is 5.92 Å². The predicted octanol–water partition coefficient (Wildman–Crippen LogP) is 1.86. The first-order valence-corrected chi connectivity index (χ1v) is 5.29. The normalized spacial score (nSPS) is 18.5. The number of anilines is 1. The highest BCUT2D eigenvalue weighted by Crippen LogP contribution is 2.12. The number of hydrogen-bond acceptors (Lipinski definition) is 3. The molecule has 1 saturated heterocycles. The van der Waals surface area contributed by atoms with Gasteiger partial charge in [-0.3, -0.25) is 4.79 Å². The lowest BCUT2D eigenvalue weighted by Crippen LogP contribution is -2.37. The lowest BCUT2D eigenvalue weighted by Gasteiger charge is -2.21. The average molecular weight is 278 g/mol. The van der Waals surface area contributed by atoms with Crippen LogP contribution in [0, 0.1) is 5.92 Å². The quantitative estimate of drug-likeness (QED) is 0.868. The van der Waals surface area contributed by atoms with E-state index >= 15 is 0 Å². The number of aromatic nitrogens is 1. The Kier molecular flexibility index (Phi) is 7.87. The van der Waals surface area contributed by atoms with Gasteiger partial charge in [-0.25, -0.2) is 4.98 Å². The van der Waals surface area contributed by atoms with Crippen molar-refractivity contribution >= 4 is 36.5 Å². The highest BCUT2D eigenvalue weighted by molar-refractivity contribution is 5.91. The molecule has 96 valence electrons. The molecule has 1 atom stereocenters. The lowest BCUT2D eigenvalue weighted by atomic mass is 9.99. The fraction of sp³-hybridized carbons (Fsp3) is 0.455. The summed E-state index contributed by atoms with van der Waals surface area (Å²) >= 11 is 0. The van der Waals surface area contributed by atoms with Gasteiger partial charge >= 0.3 is 0 Å². The summed E-state index contributed by atoms with van der Waals surface area (Å²) in [4.78, 5) is 15.8. The summed E-state index contributed by atoms with van der Waals surface area (Å²) in [7, 11) is 0. The molecule has 2 rings (SSSR count). The van der Waals surface area contributed by atoms with Crippen molar-refractivity contribution in [2.45, 2.75) is 12.8 Å². The maximum atomic E-state index is 11.8. The average Bonchev–Trinajstić information content (AvgIpc) is 2.31. The molecule has 2 heterocycles. The Labute approximate surface area is 113 Å². The van der Waals surface area contributed by atoms with E-state index in [0.717, 1.165) is 25.9 Å². The molecule has 0 bridgehead atoms. The van der Waals surface area contributed by atoms with E-state index in [-0.39, 0.29) is 36.6 Å². The third-order valence-corrected chi connectivity index (χ3v) is 2.58. The zero-order valence-corrected chi connectivity index (χ0v) is 11.0. The zero-order chi connectivity index (χ0) is 10.5. The molecule has 0 unspecified atom stereocenters. The van der Waals surface area contributed by atoms with Crippen LogP contribution in [0.2, 0.25) is 0 Å². The van der Waals surface area contributed by atoms with Crippen LogP contribution in [0.5, 0.6) is 0 Å². The second-order valence-electron chi connectivity index (χ2n) is 3.75. The van der Waals surface area contributed by atoms with E-state index in [2.05, 4.69) is 15.6 Å². The Bertz CT molecular complexity index is 329. The van der Waals surface area contributed by atoms with E-state index in [4.69, 9.17) is 0 Å². The van der Waals surface area contributed by atoms with Crippen LogP contribution in [-0.2, 0) is 4.79 Å². The van der Waals surface area contributed by atoms with Crippen molar-refractivity contribution < 1.29 is 4.79 Å². The summed E-state index contributed by atoms with van der Waals surface area (Å²) in [6.45, 7) is 1.80. The van der Waals surface area contributed by atoms with Crippen molar-refractivity contribution in [1.29, 1.82) is 0 Å². The highest BCUT2D eigenvalue weighted by atomic mass is 35.5. The molecular formula is C11H17Cl2N3O. The molecule has 0 aromatic carbocycles. The fourth-order valence-electron chi connectivity index (χ4n) is 1.74. The van der Waals surface area contributed by atoms with Crippen molar-refractivity contribution in [2.75, 3.05) is 18.4 Å². The van der Waals surface area contributed by atoms with Crippen molar-refractivity contribution in [1.82, 2.24) is 10.3 Å². The largest absolute Gasteiger partial charge is 0.316 e. The molecule has 2 N–H and O–H groups in total. The molecule has 1 aromatic heterocycles. The Morgan fingerprint density at radius 1 is 1.41 bits per heavy atom. The first-order valence-electron chi connectivity index (χ1n) is 5.29. The van der Waals surface area contributed by atoms with Crippen LogP contribution < -0.4 is 10.6 Å². The van der Waals surface area contributed by atoms with Gasteiger partial charge < -0.3 is 10.6 Å². The summed E-state index contributed by atoms with van der Waals surface area (Å²) in [6, 6.07) is 5.49. The molecule has 0 spiro atoms. The Morgan fingerprint density at radius 2 is 2.24 bits per heavy atom. The number of hydrogen-bond donors (Lipinski definition) is 2. The SMILES string of the molecule is Cl.Cl.O=C(Nc1ccccn1)[C@@H]1CCCNC1. The number of carbonyl (C=O) groups excluding carboxylic acids is 1. The molecule has 0 saturated carbocycles. The second kappa shape index (κ2) is 8.28. The first kappa shape index (κ1) is 16.2. The Balaban J connectivity index is 0.00000128. The van der Waals surface area contributed by atoms with Gasteiger partial charge in [0.05, 0.1) is 5.92 Å². The van der Waals surface area contributed by atoms with Gasteiger partial charge in [-0.2, -0.15) is 0 Å². The maximum absolute atomic E-state index is 11.8. The summed E-state index contributed by atoms with van der Waals surface area (Å²) in [5, 5.41) is 6.04. The topological polar surface area (TPSA) is 54.0 Å². The fourth-order valence-corrected chi connectivity index (χ4v) is 1.74. The molecule has 0 aliphatic carbocycles. The number of halogens is 2. The van der Waals surface area contributed by atoms with Crippen molar-refractivity contribution in [3.05, 3.63) is 24.4 Å². The number of nitrogens with one attached hydrogen (secondary N) is 2. The monoisotopic (exact) mass is 277 g/mol. The molecule has 1 amide bonds. The van der Waals surface area contributed by atoms with Gasteiger partial charge in [-0.15, -0.1) is 24.8 Å². The third-order valence-electron chi connectivity index (χ3n) is 2.58. The Hall–Kier alpha value is -0.840. The lowest BCUT2D eigenvalue weighted by molar-refractivity contribution is -0.120. The molecule has 1 aliphatic rings. The summed E-state index contributed by atoms with van der Waals surface area (Å²) in [5.41, 5.74) is 0. The summed E-state index contributed by atoms with van der Waals surface area (Å²) < 4.78 is 0. The Morgan fingerprint density at radius 3 is 2.82 bits per heavy atom. The molecule has 4 nitrogen and oxygen atoms in total. The first-order chi connectivity index (χ1) is 7.36. The molecule has 17 heavy (non-hydrogen) atoms. The summed E-state index contributed by atoms with van der Waals surface area (Å²) in [6.07, 6.45) is 3.71. The maximum Gasteiger partial charge on any atom is 0.229 e. The molecule has 6 heteroatoms. The van der Waals surface area contributed by atoms with Gasteiger partial charge in [-0.1, -0.05) is 6.07 Å². The van der Waals surface area contributed by atoms with Crippen molar-refractivity contribution in [3.8, 4) is 0 Å². The minimum atomic E-state index is 0. The van der Waals surface area contributed by atoms with E-state index in [9.17, 15) is 4.79 Å². The smallest absolute Gasteiger partial charge is 0.229 e. The van der Waals surface area contributed by atoms with Crippen LogP contribution in [0.4, 0.5) is 5.82 Å². The van der Waals surface area contributed by atoms with Crippen LogP contribution in [0.1, 0.15) is 12.8 Å². The van der Waals surface area contributed by atoms with Crippen LogP contribution in [-0.4, -0.2) is 24.0 Å². The number of carbonyl (C=O) groups is 1. The van der Waals surface area contributed by atoms with Crippen molar-refractivity contribution in [3.63, 3.8) is 0 Å².